The zero-order chi connectivity index (χ0) is 26.3. The number of fused-ring (bicyclic) bond motifs is 2. The second-order valence-corrected chi connectivity index (χ2v) is 12.3. The molecule has 0 radical (unpaired) electrons. The Balaban J connectivity index is 0.000000384. The fourth-order valence-electron chi connectivity index (χ4n) is 4.89. The summed E-state index contributed by atoms with van der Waals surface area (Å²) in [6, 6.07) is 0. The number of thiazole rings is 1. The zero-order valence-electron chi connectivity index (χ0n) is 19.5. The van der Waals surface area contributed by atoms with Crippen LogP contribution in [0.25, 0.3) is 0 Å². The number of carbonyl (C=O) groups is 1. The van der Waals surface area contributed by atoms with Crippen LogP contribution >= 0.6 is 11.3 Å². The first kappa shape index (κ1) is 26.7. The summed E-state index contributed by atoms with van der Waals surface area (Å²) in [6.45, 7) is 4.15. The van der Waals surface area contributed by atoms with Crippen molar-refractivity contribution in [1.82, 2.24) is 23.7 Å². The Hall–Kier alpha value is -2.36. The van der Waals surface area contributed by atoms with Crippen LogP contribution in [-0.2, 0) is 47.3 Å². The van der Waals surface area contributed by atoms with Crippen LogP contribution in [0, 0.1) is 5.41 Å². The first-order valence-corrected chi connectivity index (χ1v) is 14.0. The predicted molar refractivity (Wildman–Crippen MR) is 124 cm³/mol. The Morgan fingerprint density at radius 2 is 1.92 bits per heavy atom. The first-order chi connectivity index (χ1) is 16.8. The summed E-state index contributed by atoms with van der Waals surface area (Å²) >= 11 is 1.69. The van der Waals surface area contributed by atoms with Gasteiger partial charge in [0.05, 0.1) is 24.1 Å². The van der Waals surface area contributed by atoms with Gasteiger partial charge in [-0.15, -0.1) is 11.3 Å². The number of carboxylic acids is 1. The smallest absolute Gasteiger partial charge is 0.475 e. The number of halogens is 3. The van der Waals surface area contributed by atoms with Gasteiger partial charge >= 0.3 is 12.1 Å². The van der Waals surface area contributed by atoms with Gasteiger partial charge in [-0.25, -0.2) is 23.2 Å². The van der Waals surface area contributed by atoms with Crippen molar-refractivity contribution in [3.05, 3.63) is 44.0 Å². The molecule has 36 heavy (non-hydrogen) atoms. The highest BCUT2D eigenvalue weighted by Crippen LogP contribution is 2.41. The number of hydrogen-bond acceptors (Lipinski definition) is 8. The highest BCUT2D eigenvalue weighted by Gasteiger charge is 2.42. The van der Waals surface area contributed by atoms with Gasteiger partial charge in [-0.3, -0.25) is 14.3 Å². The first-order valence-electron chi connectivity index (χ1n) is 11.2. The highest BCUT2D eigenvalue weighted by atomic mass is 32.2. The van der Waals surface area contributed by atoms with Gasteiger partial charge in [0.15, 0.2) is 0 Å². The maximum Gasteiger partial charge on any atom is 0.490 e. The van der Waals surface area contributed by atoms with Crippen molar-refractivity contribution in [3.8, 4) is 0 Å². The summed E-state index contributed by atoms with van der Waals surface area (Å²) in [6.07, 6.45) is 1.41. The average Bonchev–Trinajstić information content (AvgIpc) is 3.42. The Bertz CT molecular complexity index is 1290. The summed E-state index contributed by atoms with van der Waals surface area (Å²) in [5.41, 5.74) is 1.41. The fraction of sp³-hybridized carbons (Fsp3) is 0.619. The van der Waals surface area contributed by atoms with Gasteiger partial charge < -0.3 is 5.11 Å². The van der Waals surface area contributed by atoms with E-state index in [1.54, 1.807) is 11.3 Å². The lowest BCUT2D eigenvalue weighted by atomic mass is 9.77. The van der Waals surface area contributed by atoms with E-state index in [1.165, 1.54) is 10.6 Å². The standard InChI is InChI=1S/C19H25N5O3S2.C2HF3O2/c1-29(26,27)23-6-2-15-14(11-23)18(25)24-13-19(10-16(24)21-15)3-7-22(8-4-19)12-17-20-5-9-28-17;3-2(4,5)1(6)7/h5,9H,2-4,6-8,10-13H2,1H3;(H,6,7). The lowest BCUT2D eigenvalue weighted by Crippen LogP contribution is -2.42. The molecular weight excluding hydrogens is 523 g/mol. The third-order valence-corrected chi connectivity index (χ3v) is 8.87. The molecule has 198 valence electrons. The number of piperidine rings is 1. The molecule has 1 saturated heterocycles. The van der Waals surface area contributed by atoms with Crippen molar-refractivity contribution in [2.75, 3.05) is 25.9 Å². The molecule has 5 heterocycles. The van der Waals surface area contributed by atoms with Crippen molar-refractivity contribution in [2.24, 2.45) is 5.41 Å². The van der Waals surface area contributed by atoms with Crippen molar-refractivity contribution < 1.29 is 31.5 Å². The van der Waals surface area contributed by atoms with Crippen molar-refractivity contribution in [1.29, 1.82) is 0 Å². The predicted octanol–water partition coefficient (Wildman–Crippen LogP) is 1.49. The molecule has 0 amide bonds. The molecule has 10 nitrogen and oxygen atoms in total. The quantitative estimate of drug-likeness (QED) is 0.611. The highest BCUT2D eigenvalue weighted by molar-refractivity contribution is 7.88. The van der Waals surface area contributed by atoms with Gasteiger partial charge in [0.25, 0.3) is 5.56 Å². The molecule has 0 bridgehead atoms. The van der Waals surface area contributed by atoms with E-state index in [4.69, 9.17) is 14.9 Å². The maximum atomic E-state index is 13.2. The molecule has 0 saturated carbocycles. The molecule has 15 heteroatoms. The number of rotatable bonds is 3. The van der Waals surface area contributed by atoms with E-state index in [-0.39, 0.29) is 17.5 Å². The lowest BCUT2D eigenvalue weighted by molar-refractivity contribution is -0.192. The summed E-state index contributed by atoms with van der Waals surface area (Å²) < 4.78 is 58.8. The number of hydrogen-bond donors (Lipinski definition) is 1. The number of likely N-dealkylation sites (tertiary alicyclic amines) is 1. The lowest BCUT2D eigenvalue weighted by Gasteiger charge is -2.38. The van der Waals surface area contributed by atoms with Gasteiger partial charge in [-0.05, 0) is 31.3 Å². The Morgan fingerprint density at radius 1 is 1.25 bits per heavy atom. The van der Waals surface area contributed by atoms with E-state index in [0.29, 0.717) is 25.1 Å². The van der Waals surface area contributed by atoms with Crippen LogP contribution in [0.2, 0.25) is 0 Å². The van der Waals surface area contributed by atoms with Crippen LogP contribution in [0.4, 0.5) is 13.2 Å². The second-order valence-electron chi connectivity index (χ2n) is 9.37. The molecule has 0 unspecified atom stereocenters. The van der Waals surface area contributed by atoms with Crippen LogP contribution < -0.4 is 5.56 Å². The maximum absolute atomic E-state index is 13.2. The fourth-order valence-corrected chi connectivity index (χ4v) is 6.33. The monoisotopic (exact) mass is 549 g/mol. The molecule has 0 atom stereocenters. The minimum absolute atomic E-state index is 0.0413. The van der Waals surface area contributed by atoms with Crippen LogP contribution in [0.15, 0.2) is 16.4 Å². The Morgan fingerprint density at radius 3 is 2.47 bits per heavy atom. The molecule has 3 aliphatic rings. The zero-order valence-corrected chi connectivity index (χ0v) is 21.1. The summed E-state index contributed by atoms with van der Waals surface area (Å²) in [7, 11) is -3.31. The van der Waals surface area contributed by atoms with Crippen molar-refractivity contribution >= 4 is 27.3 Å². The molecule has 3 aliphatic heterocycles. The van der Waals surface area contributed by atoms with Crippen LogP contribution in [0.1, 0.15) is 34.9 Å². The van der Waals surface area contributed by atoms with E-state index < -0.39 is 22.2 Å². The van der Waals surface area contributed by atoms with Gasteiger partial charge in [0.1, 0.15) is 10.8 Å². The van der Waals surface area contributed by atoms with Gasteiger partial charge in [0, 0.05) is 44.1 Å². The SMILES string of the molecule is CS(=O)(=O)N1CCc2nc3n(c(=O)c2C1)CC1(CCN(Cc2nccs2)CC1)C3.O=C(O)C(F)(F)F. The van der Waals surface area contributed by atoms with Crippen LogP contribution in [0.5, 0.6) is 0 Å². The van der Waals surface area contributed by atoms with Gasteiger partial charge in [-0.2, -0.15) is 17.5 Å². The van der Waals surface area contributed by atoms with Crippen LogP contribution in [0.3, 0.4) is 0 Å². The second kappa shape index (κ2) is 9.84. The number of aliphatic carboxylic acids is 1. The summed E-state index contributed by atoms with van der Waals surface area (Å²) in [4.78, 5) is 33.7. The van der Waals surface area contributed by atoms with Gasteiger partial charge in [-0.1, -0.05) is 0 Å². The molecule has 1 spiro atoms. The number of aromatic nitrogens is 3. The molecule has 0 aliphatic carbocycles. The van der Waals surface area contributed by atoms with E-state index >= 15 is 0 Å². The molecule has 0 aromatic carbocycles. The van der Waals surface area contributed by atoms with E-state index in [1.807, 2.05) is 16.1 Å². The summed E-state index contributed by atoms with van der Waals surface area (Å²) in [5.74, 6) is -1.87. The molecular formula is C21H26F3N5O5S2. The molecule has 2 aromatic heterocycles. The van der Waals surface area contributed by atoms with E-state index in [2.05, 4.69) is 9.88 Å². The minimum atomic E-state index is -5.08. The topological polar surface area (TPSA) is 126 Å². The number of alkyl halides is 3. The van der Waals surface area contributed by atoms with Crippen molar-refractivity contribution in [2.45, 2.75) is 51.5 Å². The molecule has 1 fully saturated rings. The van der Waals surface area contributed by atoms with E-state index in [9.17, 15) is 26.4 Å². The van der Waals surface area contributed by atoms with Crippen molar-refractivity contribution in [3.63, 3.8) is 0 Å². The number of nitrogens with zero attached hydrogens (tertiary/aromatic N) is 5. The van der Waals surface area contributed by atoms with Gasteiger partial charge in [0.2, 0.25) is 10.0 Å². The number of carboxylic acid groups (broad SMARTS) is 1. The largest absolute Gasteiger partial charge is 0.490 e. The average molecular weight is 550 g/mol. The minimum Gasteiger partial charge on any atom is -0.475 e. The third kappa shape index (κ3) is 5.79. The third-order valence-electron chi connectivity index (χ3n) is 6.86. The van der Waals surface area contributed by atoms with Crippen LogP contribution in [-0.4, -0.2) is 75.3 Å². The van der Waals surface area contributed by atoms with E-state index in [0.717, 1.165) is 55.4 Å². The Labute approximate surface area is 209 Å². The normalized spacial score (nSPS) is 19.9. The molecule has 1 N–H and O–H groups in total. The molecule has 2 aromatic rings. The molecule has 5 rings (SSSR count). The number of sulfonamides is 1. The summed E-state index contributed by atoms with van der Waals surface area (Å²) in [5, 5.41) is 10.3. The Kier molecular flexibility index (Phi) is 7.29.